The van der Waals surface area contributed by atoms with Gasteiger partial charge in [0.2, 0.25) is 0 Å². The summed E-state index contributed by atoms with van der Waals surface area (Å²) in [5.74, 6) is 0.531. The number of aromatic nitrogens is 1. The van der Waals surface area contributed by atoms with E-state index in [1.165, 1.54) is 0 Å². The van der Waals surface area contributed by atoms with E-state index in [1.54, 1.807) is 12.4 Å². The molecule has 0 amide bonds. The van der Waals surface area contributed by atoms with Gasteiger partial charge in [0.25, 0.3) is 0 Å². The van der Waals surface area contributed by atoms with Crippen LogP contribution in [-0.2, 0) is 0 Å². The lowest BCUT2D eigenvalue weighted by Crippen LogP contribution is -2.01. The van der Waals surface area contributed by atoms with Crippen molar-refractivity contribution in [2.24, 2.45) is 5.10 Å². The van der Waals surface area contributed by atoms with Gasteiger partial charge >= 0.3 is 0 Å². The van der Waals surface area contributed by atoms with Gasteiger partial charge in [-0.05, 0) is 12.1 Å². The first-order chi connectivity index (χ1) is 5.43. The van der Waals surface area contributed by atoms with Crippen LogP contribution in [0, 0.1) is 0 Å². The smallest absolute Gasteiger partial charge is 0.0830 e. The van der Waals surface area contributed by atoms with Crippen molar-refractivity contribution in [3.8, 4) is 0 Å². The van der Waals surface area contributed by atoms with Crippen molar-refractivity contribution in [3.63, 3.8) is 0 Å². The van der Waals surface area contributed by atoms with Crippen LogP contribution < -0.4 is 5.43 Å². The summed E-state index contributed by atoms with van der Waals surface area (Å²) in [5, 5.41) is 3.85. The Morgan fingerprint density at radius 2 is 2.55 bits per heavy atom. The molecule has 0 aliphatic carbocycles. The Balaban J connectivity index is 2.50. The molecule has 58 valence electrons. The maximum absolute atomic E-state index is 4.04. The first kappa shape index (κ1) is 8.07. The van der Waals surface area contributed by atoms with Gasteiger partial charge in [0.1, 0.15) is 0 Å². The number of nitrogens with one attached hydrogen (secondary N) is 1. The molecule has 0 fully saturated rings. The summed E-state index contributed by atoms with van der Waals surface area (Å²) in [6, 6.07) is 5.65. The van der Waals surface area contributed by atoms with E-state index >= 15 is 0 Å². The zero-order chi connectivity index (χ0) is 7.94. The van der Waals surface area contributed by atoms with Crippen molar-refractivity contribution in [2.45, 2.75) is 0 Å². The van der Waals surface area contributed by atoms with Gasteiger partial charge in [-0.25, -0.2) is 0 Å². The fourth-order valence-corrected chi connectivity index (χ4v) is 0.687. The second-order valence-corrected chi connectivity index (χ2v) is 2.15. The average molecular weight is 167 g/mol. The highest BCUT2D eigenvalue weighted by molar-refractivity contribution is 7.80. The molecule has 0 radical (unpaired) electrons. The minimum atomic E-state index is 0.531. The van der Waals surface area contributed by atoms with Crippen molar-refractivity contribution >= 4 is 18.8 Å². The van der Waals surface area contributed by atoms with Gasteiger partial charge in [0.05, 0.1) is 17.8 Å². The predicted molar refractivity (Wildman–Crippen MR) is 48.8 cm³/mol. The first-order valence-electron chi connectivity index (χ1n) is 3.21. The summed E-state index contributed by atoms with van der Waals surface area (Å²) in [5.41, 5.74) is 3.53. The minimum Gasteiger partial charge on any atom is -0.300 e. The van der Waals surface area contributed by atoms with E-state index < -0.39 is 0 Å². The van der Waals surface area contributed by atoms with E-state index in [1.807, 2.05) is 18.2 Å². The van der Waals surface area contributed by atoms with Crippen molar-refractivity contribution in [1.29, 1.82) is 0 Å². The molecule has 0 spiro atoms. The zero-order valence-corrected chi connectivity index (χ0v) is 6.83. The maximum Gasteiger partial charge on any atom is 0.0830 e. The molecule has 1 aromatic heterocycles. The Hall–Kier alpha value is -1.03. The van der Waals surface area contributed by atoms with Crippen molar-refractivity contribution in [3.05, 3.63) is 30.1 Å². The topological polar surface area (TPSA) is 37.3 Å². The van der Waals surface area contributed by atoms with E-state index in [0.717, 1.165) is 5.69 Å². The summed E-state index contributed by atoms with van der Waals surface area (Å²) in [6.07, 6.45) is 3.37. The Kier molecular flexibility index (Phi) is 3.47. The number of thiol groups is 1. The van der Waals surface area contributed by atoms with Crippen molar-refractivity contribution in [2.75, 3.05) is 5.88 Å². The Morgan fingerprint density at radius 1 is 1.64 bits per heavy atom. The van der Waals surface area contributed by atoms with E-state index in [4.69, 9.17) is 0 Å². The molecular formula is C7H9N3S. The summed E-state index contributed by atoms with van der Waals surface area (Å²) < 4.78 is 0. The first-order valence-corrected chi connectivity index (χ1v) is 3.84. The monoisotopic (exact) mass is 167 g/mol. The van der Waals surface area contributed by atoms with Gasteiger partial charge < -0.3 is 5.43 Å². The molecule has 4 heteroatoms. The van der Waals surface area contributed by atoms with Crippen LogP contribution in [0.25, 0.3) is 0 Å². The molecule has 11 heavy (non-hydrogen) atoms. The lowest BCUT2D eigenvalue weighted by Gasteiger charge is -1.91. The molecule has 0 aliphatic rings. The summed E-state index contributed by atoms with van der Waals surface area (Å²) in [4.78, 5) is 4.04. The molecule has 0 atom stereocenters. The summed E-state index contributed by atoms with van der Waals surface area (Å²) in [6.45, 7) is 0. The van der Waals surface area contributed by atoms with E-state index in [-0.39, 0.29) is 0 Å². The fraction of sp³-hybridized carbons (Fsp3) is 0.143. The molecule has 1 N–H and O–H groups in total. The van der Waals surface area contributed by atoms with Crippen LogP contribution in [0.2, 0.25) is 0 Å². The lowest BCUT2D eigenvalue weighted by molar-refractivity contribution is 0.881. The van der Waals surface area contributed by atoms with Crippen molar-refractivity contribution < 1.29 is 0 Å². The van der Waals surface area contributed by atoms with Crippen LogP contribution >= 0.6 is 12.6 Å². The Bertz CT molecular complexity index is 222. The quantitative estimate of drug-likeness (QED) is 0.304. The highest BCUT2D eigenvalue weighted by atomic mass is 32.1. The average Bonchev–Trinajstić information content (AvgIpc) is 2.07. The molecule has 0 unspecified atom stereocenters. The molecule has 0 saturated heterocycles. The van der Waals surface area contributed by atoms with Crippen molar-refractivity contribution in [1.82, 2.24) is 10.4 Å². The molecule has 0 aliphatic heterocycles. The molecule has 1 aromatic rings. The Morgan fingerprint density at radius 3 is 3.18 bits per heavy atom. The number of pyridine rings is 1. The highest BCUT2D eigenvalue weighted by Crippen LogP contribution is 1.87. The Labute approximate surface area is 71.0 Å². The minimum absolute atomic E-state index is 0.531. The molecule has 0 aromatic carbocycles. The van der Waals surface area contributed by atoms with Crippen LogP contribution in [-0.4, -0.2) is 17.1 Å². The van der Waals surface area contributed by atoms with Crippen LogP contribution in [0.15, 0.2) is 29.5 Å². The summed E-state index contributed by atoms with van der Waals surface area (Å²) >= 11 is 3.92. The predicted octanol–water partition coefficient (Wildman–Crippen LogP) is 0.892. The summed E-state index contributed by atoms with van der Waals surface area (Å²) in [7, 11) is 0. The van der Waals surface area contributed by atoms with Crippen LogP contribution in [0.3, 0.4) is 0 Å². The fourth-order valence-electron chi connectivity index (χ4n) is 0.605. The molecule has 1 heterocycles. The molecule has 0 saturated carbocycles. The number of rotatable bonds is 3. The van der Waals surface area contributed by atoms with Gasteiger partial charge in [-0.3, -0.25) is 4.98 Å². The SMILES string of the molecule is SCNN=Cc1ccccn1. The largest absolute Gasteiger partial charge is 0.300 e. The number of nitrogens with zero attached hydrogens (tertiary/aromatic N) is 2. The number of hydrazone groups is 1. The van der Waals surface area contributed by atoms with Gasteiger partial charge in [-0.2, -0.15) is 17.7 Å². The third-order valence-electron chi connectivity index (χ3n) is 1.05. The van der Waals surface area contributed by atoms with Gasteiger partial charge in [0, 0.05) is 6.20 Å². The molecule has 3 nitrogen and oxygen atoms in total. The lowest BCUT2D eigenvalue weighted by atomic mass is 10.4. The third-order valence-corrected chi connectivity index (χ3v) is 1.19. The highest BCUT2D eigenvalue weighted by Gasteiger charge is 1.82. The molecular weight excluding hydrogens is 158 g/mol. The maximum atomic E-state index is 4.04. The number of hydrogen-bond acceptors (Lipinski definition) is 4. The second kappa shape index (κ2) is 4.73. The van der Waals surface area contributed by atoms with E-state index in [9.17, 15) is 0 Å². The van der Waals surface area contributed by atoms with Crippen LogP contribution in [0.4, 0.5) is 0 Å². The zero-order valence-electron chi connectivity index (χ0n) is 5.94. The normalized spacial score (nSPS) is 10.3. The van der Waals surface area contributed by atoms with E-state index in [2.05, 4.69) is 28.1 Å². The van der Waals surface area contributed by atoms with Crippen LogP contribution in [0.1, 0.15) is 5.69 Å². The van der Waals surface area contributed by atoms with Gasteiger partial charge in [0.15, 0.2) is 0 Å². The standard InChI is InChI=1S/C7H9N3S/c11-6-10-9-5-7-3-1-2-4-8-7/h1-5,10-11H,6H2. The molecule has 1 rings (SSSR count). The number of hydrogen-bond donors (Lipinski definition) is 2. The second-order valence-electron chi connectivity index (χ2n) is 1.83. The van der Waals surface area contributed by atoms with Gasteiger partial charge in [-0.15, -0.1) is 0 Å². The van der Waals surface area contributed by atoms with Gasteiger partial charge in [-0.1, -0.05) is 6.07 Å². The van der Waals surface area contributed by atoms with E-state index in [0.29, 0.717) is 5.88 Å². The van der Waals surface area contributed by atoms with Crippen LogP contribution in [0.5, 0.6) is 0 Å². The molecule has 0 bridgehead atoms. The third kappa shape index (κ3) is 3.04.